The summed E-state index contributed by atoms with van der Waals surface area (Å²) in [7, 11) is 1.64. The number of hydrogen-bond acceptors (Lipinski definition) is 2. The number of halogens is 1. The minimum atomic E-state index is -0.602. The first-order valence-electron chi connectivity index (χ1n) is 6.23. The molecule has 18 heavy (non-hydrogen) atoms. The van der Waals surface area contributed by atoms with E-state index in [0.29, 0.717) is 6.61 Å². The molecule has 1 saturated heterocycles. The smallest absolute Gasteiger partial charge is 0.245 e. The molecule has 1 aliphatic heterocycles. The number of carbonyl (C=O) groups is 1. The van der Waals surface area contributed by atoms with Gasteiger partial charge in [0.25, 0.3) is 0 Å². The van der Waals surface area contributed by atoms with Gasteiger partial charge >= 0.3 is 0 Å². The number of benzene rings is 1. The molecule has 1 fully saturated rings. The molecule has 1 aromatic carbocycles. The van der Waals surface area contributed by atoms with Crippen molar-refractivity contribution in [2.75, 3.05) is 20.2 Å². The van der Waals surface area contributed by atoms with Crippen molar-refractivity contribution in [2.24, 2.45) is 0 Å². The van der Waals surface area contributed by atoms with E-state index in [1.165, 1.54) is 0 Å². The molecule has 1 aromatic rings. The van der Waals surface area contributed by atoms with Crippen LogP contribution in [0, 0.1) is 0 Å². The van der Waals surface area contributed by atoms with Crippen LogP contribution in [0.3, 0.4) is 0 Å². The SMILES string of the molecule is COCc1ccccc1C(Cl)C(=O)N1CCCC1. The lowest BCUT2D eigenvalue weighted by Gasteiger charge is -2.20. The molecule has 0 radical (unpaired) electrons. The van der Waals surface area contributed by atoms with Gasteiger partial charge in [-0.25, -0.2) is 0 Å². The zero-order valence-electron chi connectivity index (χ0n) is 10.6. The highest BCUT2D eigenvalue weighted by atomic mass is 35.5. The fourth-order valence-electron chi connectivity index (χ4n) is 2.30. The van der Waals surface area contributed by atoms with Gasteiger partial charge in [0.2, 0.25) is 5.91 Å². The second-order valence-electron chi connectivity index (χ2n) is 4.53. The van der Waals surface area contributed by atoms with Crippen molar-refractivity contribution in [2.45, 2.75) is 24.8 Å². The third kappa shape index (κ3) is 2.85. The van der Waals surface area contributed by atoms with Crippen LogP contribution >= 0.6 is 11.6 Å². The van der Waals surface area contributed by atoms with Gasteiger partial charge in [0.05, 0.1) is 6.61 Å². The lowest BCUT2D eigenvalue weighted by molar-refractivity contribution is -0.129. The van der Waals surface area contributed by atoms with Crippen LogP contribution < -0.4 is 0 Å². The third-order valence-electron chi connectivity index (χ3n) is 3.26. The third-order valence-corrected chi connectivity index (χ3v) is 3.68. The average molecular weight is 268 g/mol. The van der Waals surface area contributed by atoms with Gasteiger partial charge in [-0.15, -0.1) is 11.6 Å². The molecule has 0 aromatic heterocycles. The maximum atomic E-state index is 12.3. The Bertz CT molecular complexity index is 416. The van der Waals surface area contributed by atoms with Crippen molar-refractivity contribution in [3.8, 4) is 0 Å². The Morgan fingerprint density at radius 3 is 2.72 bits per heavy atom. The van der Waals surface area contributed by atoms with Gasteiger partial charge in [0, 0.05) is 20.2 Å². The molecule has 0 N–H and O–H groups in total. The van der Waals surface area contributed by atoms with E-state index in [9.17, 15) is 4.79 Å². The number of carbonyl (C=O) groups excluding carboxylic acids is 1. The van der Waals surface area contributed by atoms with E-state index in [2.05, 4.69) is 0 Å². The first-order valence-corrected chi connectivity index (χ1v) is 6.67. The average Bonchev–Trinajstić information content (AvgIpc) is 2.92. The Balaban J connectivity index is 2.16. The van der Waals surface area contributed by atoms with E-state index in [1.54, 1.807) is 7.11 Å². The highest BCUT2D eigenvalue weighted by molar-refractivity contribution is 6.30. The van der Waals surface area contributed by atoms with E-state index in [0.717, 1.165) is 37.1 Å². The fourth-order valence-corrected chi connectivity index (χ4v) is 2.65. The number of amides is 1. The predicted molar refractivity (Wildman–Crippen MR) is 71.6 cm³/mol. The maximum Gasteiger partial charge on any atom is 0.245 e. The van der Waals surface area contributed by atoms with Gasteiger partial charge in [0.1, 0.15) is 5.38 Å². The number of ether oxygens (including phenoxy) is 1. The molecule has 0 aliphatic carbocycles. The lowest BCUT2D eigenvalue weighted by atomic mass is 10.0. The summed E-state index contributed by atoms with van der Waals surface area (Å²) < 4.78 is 5.14. The molecule has 0 spiro atoms. The number of hydrogen-bond donors (Lipinski definition) is 0. The summed E-state index contributed by atoms with van der Waals surface area (Å²) in [6.45, 7) is 2.13. The molecule has 0 saturated carbocycles. The summed E-state index contributed by atoms with van der Waals surface area (Å²) in [5.74, 6) is 0.0118. The molecule has 4 heteroatoms. The standard InChI is InChI=1S/C14H18ClNO2/c1-18-10-11-6-2-3-7-12(11)13(15)14(17)16-8-4-5-9-16/h2-3,6-7,13H,4-5,8-10H2,1H3. The minimum Gasteiger partial charge on any atom is -0.380 e. The summed E-state index contributed by atoms with van der Waals surface area (Å²) >= 11 is 6.33. The van der Waals surface area contributed by atoms with E-state index in [4.69, 9.17) is 16.3 Å². The number of likely N-dealkylation sites (tertiary alicyclic amines) is 1. The molecule has 1 heterocycles. The molecule has 1 amide bonds. The first kappa shape index (κ1) is 13.4. The molecule has 1 aliphatic rings. The second kappa shape index (κ2) is 6.21. The van der Waals surface area contributed by atoms with Crippen LogP contribution in [0.5, 0.6) is 0 Å². The van der Waals surface area contributed by atoms with Gasteiger partial charge in [-0.3, -0.25) is 4.79 Å². The fraction of sp³-hybridized carbons (Fsp3) is 0.500. The van der Waals surface area contributed by atoms with Crippen molar-refractivity contribution in [3.63, 3.8) is 0 Å². The molecule has 3 nitrogen and oxygen atoms in total. The van der Waals surface area contributed by atoms with Crippen molar-refractivity contribution >= 4 is 17.5 Å². The zero-order chi connectivity index (χ0) is 13.0. The quantitative estimate of drug-likeness (QED) is 0.785. The van der Waals surface area contributed by atoms with Crippen LogP contribution in [-0.2, 0) is 16.1 Å². The Labute approximate surface area is 113 Å². The predicted octanol–water partition coefficient (Wildman–Crippen LogP) is 2.74. The van der Waals surface area contributed by atoms with Crippen molar-refractivity contribution in [3.05, 3.63) is 35.4 Å². The van der Waals surface area contributed by atoms with Crippen LogP contribution in [0.1, 0.15) is 29.3 Å². The Hall–Kier alpha value is -1.06. The van der Waals surface area contributed by atoms with Crippen LogP contribution in [0.25, 0.3) is 0 Å². The molecular formula is C14H18ClNO2. The van der Waals surface area contributed by atoms with Gasteiger partial charge < -0.3 is 9.64 Å². The normalized spacial score (nSPS) is 16.9. The largest absolute Gasteiger partial charge is 0.380 e. The molecule has 98 valence electrons. The number of alkyl halides is 1. The van der Waals surface area contributed by atoms with E-state index in [1.807, 2.05) is 29.2 Å². The van der Waals surface area contributed by atoms with Crippen molar-refractivity contribution < 1.29 is 9.53 Å². The maximum absolute atomic E-state index is 12.3. The van der Waals surface area contributed by atoms with Gasteiger partial charge in [0.15, 0.2) is 0 Å². The number of rotatable bonds is 4. The van der Waals surface area contributed by atoms with Crippen molar-refractivity contribution in [1.82, 2.24) is 4.90 Å². The summed E-state index contributed by atoms with van der Waals surface area (Å²) in [6.07, 6.45) is 2.16. The monoisotopic (exact) mass is 267 g/mol. The van der Waals surface area contributed by atoms with Crippen LogP contribution in [0.2, 0.25) is 0 Å². The van der Waals surface area contributed by atoms with Crippen LogP contribution in [0.4, 0.5) is 0 Å². The van der Waals surface area contributed by atoms with E-state index in [-0.39, 0.29) is 5.91 Å². The molecule has 2 rings (SSSR count). The Morgan fingerprint density at radius 1 is 1.39 bits per heavy atom. The van der Waals surface area contributed by atoms with Crippen molar-refractivity contribution in [1.29, 1.82) is 0 Å². The minimum absolute atomic E-state index is 0.0118. The van der Waals surface area contributed by atoms with Gasteiger partial charge in [-0.2, -0.15) is 0 Å². The highest BCUT2D eigenvalue weighted by Gasteiger charge is 2.27. The Morgan fingerprint density at radius 2 is 2.06 bits per heavy atom. The summed E-state index contributed by atoms with van der Waals surface area (Å²) in [6, 6.07) is 7.69. The number of methoxy groups -OCH3 is 1. The van der Waals surface area contributed by atoms with E-state index >= 15 is 0 Å². The van der Waals surface area contributed by atoms with Gasteiger partial charge in [-0.1, -0.05) is 24.3 Å². The number of nitrogens with zero attached hydrogens (tertiary/aromatic N) is 1. The van der Waals surface area contributed by atoms with Crippen LogP contribution in [-0.4, -0.2) is 31.0 Å². The summed E-state index contributed by atoms with van der Waals surface area (Å²) in [5.41, 5.74) is 1.84. The molecular weight excluding hydrogens is 250 g/mol. The first-order chi connectivity index (χ1) is 8.74. The molecule has 1 unspecified atom stereocenters. The van der Waals surface area contributed by atoms with Crippen LogP contribution in [0.15, 0.2) is 24.3 Å². The topological polar surface area (TPSA) is 29.5 Å². The summed E-state index contributed by atoms with van der Waals surface area (Å²) in [4.78, 5) is 14.1. The highest BCUT2D eigenvalue weighted by Crippen LogP contribution is 2.28. The lowest BCUT2D eigenvalue weighted by Crippen LogP contribution is -2.31. The van der Waals surface area contributed by atoms with E-state index < -0.39 is 5.38 Å². The Kier molecular flexibility index (Phi) is 4.61. The summed E-state index contributed by atoms with van der Waals surface area (Å²) in [5, 5.41) is -0.602. The second-order valence-corrected chi connectivity index (χ2v) is 4.96. The zero-order valence-corrected chi connectivity index (χ0v) is 11.3. The molecule has 0 bridgehead atoms. The van der Waals surface area contributed by atoms with Gasteiger partial charge in [-0.05, 0) is 24.0 Å². The molecule has 1 atom stereocenters.